The van der Waals surface area contributed by atoms with Gasteiger partial charge in [-0.25, -0.2) is 0 Å². The largest absolute Gasteiger partial charge is 0.396 e. The lowest BCUT2D eigenvalue weighted by atomic mass is 9.83. The summed E-state index contributed by atoms with van der Waals surface area (Å²) in [6, 6.07) is 8.08. The fourth-order valence-corrected chi connectivity index (χ4v) is 2.99. The molecule has 0 amide bonds. The van der Waals surface area contributed by atoms with Crippen molar-refractivity contribution < 1.29 is 9.90 Å². The van der Waals surface area contributed by atoms with E-state index in [9.17, 15) is 9.90 Å². The van der Waals surface area contributed by atoms with Gasteiger partial charge in [-0.15, -0.1) is 0 Å². The summed E-state index contributed by atoms with van der Waals surface area (Å²) in [5, 5.41) is 9.20. The Bertz CT molecular complexity index is 398. The Morgan fingerprint density at radius 1 is 1.21 bits per heavy atom. The molecular weight excluding hydrogens is 236 g/mol. The molecule has 0 saturated heterocycles. The van der Waals surface area contributed by atoms with Crippen LogP contribution in [0.4, 0.5) is 0 Å². The second-order valence-electron chi connectivity index (χ2n) is 5.61. The standard InChI is InChI=1S/C17H24O2/c1-2-13(12-18)17(19)16-10-8-15(9-11-16)14-6-4-3-5-7-14/h8-11,13-14,18H,2-7,12H2,1H3. The Morgan fingerprint density at radius 3 is 2.37 bits per heavy atom. The molecule has 1 aromatic carbocycles. The number of carbonyl (C=O) groups is 1. The lowest BCUT2D eigenvalue weighted by molar-refractivity contribution is 0.0856. The van der Waals surface area contributed by atoms with Gasteiger partial charge in [-0.2, -0.15) is 0 Å². The Morgan fingerprint density at radius 2 is 1.84 bits per heavy atom. The minimum absolute atomic E-state index is 0.0558. The first-order chi connectivity index (χ1) is 9.26. The predicted octanol–water partition coefficient (Wildman–Crippen LogP) is 3.94. The van der Waals surface area contributed by atoms with E-state index in [1.165, 1.54) is 37.7 Å². The zero-order chi connectivity index (χ0) is 13.7. The molecule has 19 heavy (non-hydrogen) atoms. The molecule has 0 aliphatic heterocycles. The summed E-state index contributed by atoms with van der Waals surface area (Å²) in [6.45, 7) is 1.88. The van der Waals surface area contributed by atoms with Crippen molar-refractivity contribution in [2.45, 2.75) is 51.4 Å². The molecule has 0 heterocycles. The molecule has 0 bridgehead atoms. The van der Waals surface area contributed by atoms with E-state index in [1.807, 2.05) is 19.1 Å². The molecule has 104 valence electrons. The van der Waals surface area contributed by atoms with Crippen LogP contribution in [0.25, 0.3) is 0 Å². The van der Waals surface area contributed by atoms with Crippen LogP contribution in [-0.4, -0.2) is 17.5 Å². The van der Waals surface area contributed by atoms with Crippen LogP contribution in [0.3, 0.4) is 0 Å². The summed E-state index contributed by atoms with van der Waals surface area (Å²) in [5.74, 6) is 0.499. The normalized spacial score (nSPS) is 18.2. The summed E-state index contributed by atoms with van der Waals surface area (Å²) in [6.07, 6.45) is 7.27. The molecule has 1 atom stereocenters. The minimum atomic E-state index is -0.250. The average molecular weight is 260 g/mol. The zero-order valence-corrected chi connectivity index (χ0v) is 11.8. The number of aliphatic hydroxyl groups is 1. The first kappa shape index (κ1) is 14.3. The highest BCUT2D eigenvalue weighted by molar-refractivity contribution is 5.97. The van der Waals surface area contributed by atoms with Crippen LogP contribution in [0.2, 0.25) is 0 Å². The van der Waals surface area contributed by atoms with Gasteiger partial charge in [0.1, 0.15) is 0 Å². The summed E-state index contributed by atoms with van der Waals surface area (Å²) in [5.41, 5.74) is 2.11. The molecule has 1 saturated carbocycles. The Balaban J connectivity index is 2.07. The maximum atomic E-state index is 12.1. The van der Waals surface area contributed by atoms with Crippen molar-refractivity contribution in [3.63, 3.8) is 0 Å². The SMILES string of the molecule is CCC(CO)C(=O)c1ccc(C2CCCCC2)cc1. The van der Waals surface area contributed by atoms with Gasteiger partial charge in [0.2, 0.25) is 0 Å². The first-order valence-corrected chi connectivity index (χ1v) is 7.51. The van der Waals surface area contributed by atoms with E-state index in [2.05, 4.69) is 12.1 Å². The molecule has 1 unspecified atom stereocenters. The third-order valence-corrected chi connectivity index (χ3v) is 4.36. The van der Waals surface area contributed by atoms with E-state index < -0.39 is 0 Å². The molecule has 0 radical (unpaired) electrons. The molecule has 2 rings (SSSR count). The molecule has 1 aliphatic carbocycles. The molecule has 0 aromatic heterocycles. The lowest BCUT2D eigenvalue weighted by Crippen LogP contribution is -2.17. The number of benzene rings is 1. The Kier molecular flexibility index (Phi) is 5.15. The molecule has 2 heteroatoms. The van der Waals surface area contributed by atoms with E-state index >= 15 is 0 Å². The van der Waals surface area contributed by atoms with Crippen molar-refractivity contribution in [3.8, 4) is 0 Å². The van der Waals surface area contributed by atoms with E-state index in [-0.39, 0.29) is 18.3 Å². The first-order valence-electron chi connectivity index (χ1n) is 7.51. The Hall–Kier alpha value is -1.15. The van der Waals surface area contributed by atoms with Crippen LogP contribution in [-0.2, 0) is 0 Å². The molecule has 1 aromatic rings. The highest BCUT2D eigenvalue weighted by Crippen LogP contribution is 2.32. The second kappa shape index (κ2) is 6.85. The van der Waals surface area contributed by atoms with Gasteiger partial charge in [0.25, 0.3) is 0 Å². The highest BCUT2D eigenvalue weighted by atomic mass is 16.3. The number of Topliss-reactive ketones (excluding diaryl/α,β-unsaturated/α-hetero) is 1. The minimum Gasteiger partial charge on any atom is -0.396 e. The van der Waals surface area contributed by atoms with Gasteiger partial charge < -0.3 is 5.11 Å². The van der Waals surface area contributed by atoms with Crippen molar-refractivity contribution in [1.29, 1.82) is 0 Å². The summed E-state index contributed by atoms with van der Waals surface area (Å²) < 4.78 is 0. The van der Waals surface area contributed by atoms with Gasteiger partial charge >= 0.3 is 0 Å². The number of carbonyl (C=O) groups excluding carboxylic acids is 1. The predicted molar refractivity (Wildman–Crippen MR) is 77.5 cm³/mol. The van der Waals surface area contributed by atoms with E-state index in [0.29, 0.717) is 12.3 Å². The van der Waals surface area contributed by atoms with Crippen LogP contribution in [0.15, 0.2) is 24.3 Å². The molecule has 1 fully saturated rings. The highest BCUT2D eigenvalue weighted by Gasteiger charge is 2.19. The summed E-state index contributed by atoms with van der Waals surface area (Å²) in [4.78, 5) is 12.1. The quantitative estimate of drug-likeness (QED) is 0.814. The van der Waals surface area contributed by atoms with E-state index in [0.717, 1.165) is 5.56 Å². The van der Waals surface area contributed by atoms with Crippen molar-refractivity contribution in [1.82, 2.24) is 0 Å². The van der Waals surface area contributed by atoms with Crippen LogP contribution in [0.5, 0.6) is 0 Å². The molecule has 1 N–H and O–H groups in total. The molecule has 0 spiro atoms. The number of hydrogen-bond acceptors (Lipinski definition) is 2. The summed E-state index contributed by atoms with van der Waals surface area (Å²) >= 11 is 0. The third-order valence-electron chi connectivity index (χ3n) is 4.36. The maximum absolute atomic E-state index is 12.1. The van der Waals surface area contributed by atoms with Crippen molar-refractivity contribution >= 4 is 5.78 Å². The molecule has 2 nitrogen and oxygen atoms in total. The van der Waals surface area contributed by atoms with Gasteiger partial charge in [-0.05, 0) is 30.7 Å². The van der Waals surface area contributed by atoms with Gasteiger partial charge in [0.05, 0.1) is 6.61 Å². The molecular formula is C17H24O2. The van der Waals surface area contributed by atoms with Crippen LogP contribution in [0, 0.1) is 5.92 Å². The van der Waals surface area contributed by atoms with Crippen molar-refractivity contribution in [3.05, 3.63) is 35.4 Å². The van der Waals surface area contributed by atoms with Crippen molar-refractivity contribution in [2.75, 3.05) is 6.61 Å². The number of rotatable bonds is 5. The topological polar surface area (TPSA) is 37.3 Å². The Labute approximate surface area is 115 Å². The van der Waals surface area contributed by atoms with E-state index in [1.54, 1.807) is 0 Å². The lowest BCUT2D eigenvalue weighted by Gasteiger charge is -2.22. The third kappa shape index (κ3) is 3.44. The van der Waals surface area contributed by atoms with Gasteiger partial charge in [0.15, 0.2) is 5.78 Å². The van der Waals surface area contributed by atoms with Crippen molar-refractivity contribution in [2.24, 2.45) is 5.92 Å². The van der Waals surface area contributed by atoms with E-state index in [4.69, 9.17) is 0 Å². The van der Waals surface area contributed by atoms with Crippen LogP contribution in [0.1, 0.15) is 67.3 Å². The van der Waals surface area contributed by atoms with Gasteiger partial charge in [0, 0.05) is 11.5 Å². The fraction of sp³-hybridized carbons (Fsp3) is 0.588. The summed E-state index contributed by atoms with van der Waals surface area (Å²) in [7, 11) is 0. The van der Waals surface area contributed by atoms with Gasteiger partial charge in [-0.3, -0.25) is 4.79 Å². The van der Waals surface area contributed by atoms with Crippen LogP contribution >= 0.6 is 0 Å². The maximum Gasteiger partial charge on any atom is 0.168 e. The molecule has 1 aliphatic rings. The number of hydrogen-bond donors (Lipinski definition) is 1. The average Bonchev–Trinajstić information content (AvgIpc) is 2.49. The van der Waals surface area contributed by atoms with Crippen LogP contribution < -0.4 is 0 Å². The number of ketones is 1. The monoisotopic (exact) mass is 260 g/mol. The van der Waals surface area contributed by atoms with Gasteiger partial charge in [-0.1, -0.05) is 50.5 Å². The fourth-order valence-electron chi connectivity index (χ4n) is 2.99. The number of aliphatic hydroxyl groups excluding tert-OH is 1. The smallest absolute Gasteiger partial charge is 0.168 e. The zero-order valence-electron chi connectivity index (χ0n) is 11.8. The second-order valence-corrected chi connectivity index (χ2v) is 5.61.